The summed E-state index contributed by atoms with van der Waals surface area (Å²) in [5.74, 6) is -0.0609. The molecule has 92 valence electrons. The van der Waals surface area contributed by atoms with Crippen LogP contribution in [0.15, 0.2) is 18.2 Å². The van der Waals surface area contributed by atoms with Crippen molar-refractivity contribution >= 4 is 11.7 Å². The molecular formula is C13H17NO3. The first-order chi connectivity index (χ1) is 7.85. The number of benzene rings is 1. The highest BCUT2D eigenvalue weighted by Gasteiger charge is 2.30. The summed E-state index contributed by atoms with van der Waals surface area (Å²) in [6.07, 6.45) is 0.602. The third-order valence-corrected chi connectivity index (χ3v) is 2.54. The van der Waals surface area contributed by atoms with Crippen LogP contribution in [0.1, 0.15) is 26.3 Å². The Kier molecular flexibility index (Phi) is 2.73. The first kappa shape index (κ1) is 11.8. The van der Waals surface area contributed by atoms with Gasteiger partial charge in [-0.15, -0.1) is 0 Å². The molecule has 1 atom stereocenters. The minimum Gasteiger partial charge on any atom is -0.508 e. The highest BCUT2D eigenvalue weighted by atomic mass is 16.6. The third kappa shape index (κ3) is 2.70. The van der Waals surface area contributed by atoms with Gasteiger partial charge in [-0.2, -0.15) is 0 Å². The molecule has 1 aliphatic rings. The van der Waals surface area contributed by atoms with E-state index in [1.165, 1.54) is 0 Å². The molecule has 0 saturated carbocycles. The van der Waals surface area contributed by atoms with Crippen molar-refractivity contribution in [2.75, 3.05) is 5.32 Å². The van der Waals surface area contributed by atoms with Gasteiger partial charge in [-0.3, -0.25) is 0 Å². The number of fused-ring (bicyclic) bond motifs is 1. The summed E-state index contributed by atoms with van der Waals surface area (Å²) in [6, 6.07) is 4.71. The Hall–Kier alpha value is -1.71. The van der Waals surface area contributed by atoms with Crippen LogP contribution in [-0.4, -0.2) is 22.7 Å². The number of rotatable bonds is 1. The van der Waals surface area contributed by atoms with Crippen molar-refractivity contribution < 1.29 is 14.6 Å². The topological polar surface area (TPSA) is 58.6 Å². The Morgan fingerprint density at radius 1 is 1.47 bits per heavy atom. The minimum atomic E-state index is -0.477. The van der Waals surface area contributed by atoms with Crippen LogP contribution in [0, 0.1) is 0 Å². The van der Waals surface area contributed by atoms with Crippen molar-refractivity contribution in [3.63, 3.8) is 0 Å². The van der Waals surface area contributed by atoms with Crippen molar-refractivity contribution in [1.29, 1.82) is 0 Å². The van der Waals surface area contributed by atoms with Crippen molar-refractivity contribution in [3.8, 4) is 5.75 Å². The molecule has 0 amide bonds. The van der Waals surface area contributed by atoms with Gasteiger partial charge in [0.15, 0.2) is 0 Å². The summed E-state index contributed by atoms with van der Waals surface area (Å²) in [4.78, 5) is 11.9. The fourth-order valence-corrected chi connectivity index (χ4v) is 1.85. The van der Waals surface area contributed by atoms with Gasteiger partial charge in [0.05, 0.1) is 0 Å². The summed E-state index contributed by atoms with van der Waals surface area (Å²) in [5.41, 5.74) is 1.36. The van der Waals surface area contributed by atoms with Crippen LogP contribution in [0.2, 0.25) is 0 Å². The first-order valence-corrected chi connectivity index (χ1v) is 5.66. The van der Waals surface area contributed by atoms with E-state index < -0.39 is 5.60 Å². The quantitative estimate of drug-likeness (QED) is 0.732. The first-order valence-electron chi connectivity index (χ1n) is 5.66. The lowest BCUT2D eigenvalue weighted by Gasteiger charge is -2.22. The highest BCUT2D eigenvalue weighted by Crippen LogP contribution is 2.30. The van der Waals surface area contributed by atoms with Crippen LogP contribution in [0.3, 0.4) is 0 Å². The average molecular weight is 235 g/mol. The number of phenols is 1. The van der Waals surface area contributed by atoms with Crippen LogP contribution in [-0.2, 0) is 16.0 Å². The summed E-state index contributed by atoms with van der Waals surface area (Å²) >= 11 is 0. The van der Waals surface area contributed by atoms with Gasteiger partial charge in [0.2, 0.25) is 0 Å². The Morgan fingerprint density at radius 3 is 2.82 bits per heavy atom. The molecule has 1 heterocycles. The largest absolute Gasteiger partial charge is 0.508 e. The van der Waals surface area contributed by atoms with Crippen LogP contribution in [0.4, 0.5) is 5.69 Å². The van der Waals surface area contributed by atoms with Gasteiger partial charge in [0.25, 0.3) is 0 Å². The molecule has 0 unspecified atom stereocenters. The zero-order chi connectivity index (χ0) is 12.6. The summed E-state index contributed by atoms with van der Waals surface area (Å²) in [7, 11) is 0. The third-order valence-electron chi connectivity index (χ3n) is 2.54. The molecule has 17 heavy (non-hydrogen) atoms. The molecule has 0 radical (unpaired) electrons. The molecule has 0 spiro atoms. The molecule has 1 aliphatic heterocycles. The number of esters is 1. The zero-order valence-corrected chi connectivity index (χ0v) is 10.3. The highest BCUT2D eigenvalue weighted by molar-refractivity contribution is 5.83. The van der Waals surface area contributed by atoms with E-state index in [9.17, 15) is 9.90 Å². The fraction of sp³-hybridized carbons (Fsp3) is 0.462. The molecule has 0 aromatic heterocycles. The number of anilines is 1. The SMILES string of the molecule is CC(C)(C)OC(=O)[C@@H]1Cc2ccc(O)cc2N1. The van der Waals surface area contributed by atoms with Gasteiger partial charge in [-0.05, 0) is 32.4 Å². The predicted molar refractivity (Wildman–Crippen MR) is 65.1 cm³/mol. The maximum Gasteiger partial charge on any atom is 0.329 e. The smallest absolute Gasteiger partial charge is 0.329 e. The lowest BCUT2D eigenvalue weighted by Crippen LogP contribution is -2.35. The number of aromatic hydroxyl groups is 1. The maximum absolute atomic E-state index is 11.9. The van der Waals surface area contributed by atoms with E-state index in [1.807, 2.05) is 26.8 Å². The van der Waals surface area contributed by atoms with Gasteiger partial charge in [-0.1, -0.05) is 6.07 Å². The molecule has 2 rings (SSSR count). The summed E-state index contributed by atoms with van der Waals surface area (Å²) in [6.45, 7) is 5.54. The van der Waals surface area contributed by atoms with E-state index in [0.29, 0.717) is 6.42 Å². The molecule has 0 saturated heterocycles. The number of ether oxygens (including phenoxy) is 1. The predicted octanol–water partition coefficient (Wildman–Crippen LogP) is 2.07. The lowest BCUT2D eigenvalue weighted by atomic mass is 10.1. The van der Waals surface area contributed by atoms with E-state index in [2.05, 4.69) is 5.32 Å². The van der Waals surface area contributed by atoms with Gasteiger partial charge in [-0.25, -0.2) is 4.79 Å². The number of carbonyl (C=O) groups is 1. The Balaban J connectivity index is 2.07. The molecular weight excluding hydrogens is 218 g/mol. The van der Waals surface area contributed by atoms with E-state index in [0.717, 1.165) is 11.3 Å². The minimum absolute atomic E-state index is 0.195. The summed E-state index contributed by atoms with van der Waals surface area (Å²) in [5, 5.41) is 12.4. The molecule has 0 aliphatic carbocycles. The second-order valence-electron chi connectivity index (χ2n) is 5.28. The fourth-order valence-electron chi connectivity index (χ4n) is 1.85. The second kappa shape index (κ2) is 3.95. The molecule has 0 fully saturated rings. The number of phenolic OH excluding ortho intramolecular Hbond substituents is 1. The van der Waals surface area contributed by atoms with Gasteiger partial charge >= 0.3 is 5.97 Å². The average Bonchev–Trinajstić information content (AvgIpc) is 2.57. The normalized spacial score (nSPS) is 18.4. The van der Waals surface area contributed by atoms with Crippen LogP contribution in [0.5, 0.6) is 5.75 Å². The number of hydrogen-bond donors (Lipinski definition) is 2. The van der Waals surface area contributed by atoms with E-state index >= 15 is 0 Å². The molecule has 4 nitrogen and oxygen atoms in total. The maximum atomic E-state index is 11.9. The van der Waals surface area contributed by atoms with Crippen LogP contribution < -0.4 is 5.32 Å². The van der Waals surface area contributed by atoms with E-state index in [1.54, 1.807) is 12.1 Å². The molecule has 4 heteroatoms. The molecule has 1 aromatic carbocycles. The van der Waals surface area contributed by atoms with Crippen LogP contribution >= 0.6 is 0 Å². The zero-order valence-electron chi connectivity index (χ0n) is 10.3. The van der Waals surface area contributed by atoms with Gasteiger partial charge in [0, 0.05) is 18.2 Å². The number of nitrogens with one attached hydrogen (secondary N) is 1. The van der Waals surface area contributed by atoms with E-state index in [4.69, 9.17) is 4.74 Å². The van der Waals surface area contributed by atoms with Crippen molar-refractivity contribution in [2.24, 2.45) is 0 Å². The van der Waals surface area contributed by atoms with Gasteiger partial charge < -0.3 is 15.2 Å². The Bertz CT molecular complexity index is 448. The second-order valence-corrected chi connectivity index (χ2v) is 5.28. The Morgan fingerprint density at radius 2 is 2.18 bits per heavy atom. The van der Waals surface area contributed by atoms with Crippen molar-refractivity contribution in [1.82, 2.24) is 0 Å². The monoisotopic (exact) mass is 235 g/mol. The Labute approximate surface area is 101 Å². The van der Waals surface area contributed by atoms with Gasteiger partial charge in [0.1, 0.15) is 17.4 Å². The molecule has 1 aromatic rings. The number of carbonyl (C=O) groups excluding carboxylic acids is 1. The standard InChI is InChI=1S/C13H17NO3/c1-13(2,3)17-12(16)11-6-8-4-5-9(15)7-10(8)14-11/h4-5,7,11,14-15H,6H2,1-3H3/t11-/m0/s1. The number of hydrogen-bond acceptors (Lipinski definition) is 4. The summed E-state index contributed by atoms with van der Waals surface area (Å²) < 4.78 is 5.32. The lowest BCUT2D eigenvalue weighted by molar-refractivity contribution is -0.155. The van der Waals surface area contributed by atoms with E-state index in [-0.39, 0.29) is 17.8 Å². The van der Waals surface area contributed by atoms with Crippen LogP contribution in [0.25, 0.3) is 0 Å². The van der Waals surface area contributed by atoms with Crippen molar-refractivity contribution in [3.05, 3.63) is 23.8 Å². The molecule has 2 N–H and O–H groups in total. The van der Waals surface area contributed by atoms with Crippen molar-refractivity contribution in [2.45, 2.75) is 38.8 Å². The molecule has 0 bridgehead atoms.